The monoisotopic (exact) mass is 1310 g/mol. The number of aliphatic hydroxyl groups is 2. The van der Waals surface area contributed by atoms with Gasteiger partial charge in [0.15, 0.2) is 0 Å². The van der Waals surface area contributed by atoms with Crippen LogP contribution in [-0.2, 0) is 14.3 Å². The Bertz CT molecular complexity index is 1420. The summed E-state index contributed by atoms with van der Waals surface area (Å²) in [6.07, 6.45) is 106. The number of rotatable bonds is 83. The number of carbonyl (C=O) groups excluding carboxylic acids is 2. The van der Waals surface area contributed by atoms with E-state index in [1.54, 1.807) is 0 Å². The van der Waals surface area contributed by atoms with Crippen LogP contribution >= 0.6 is 0 Å². The van der Waals surface area contributed by atoms with Crippen LogP contribution in [0.25, 0.3) is 0 Å². The van der Waals surface area contributed by atoms with Crippen LogP contribution in [0.1, 0.15) is 508 Å². The zero-order valence-electron chi connectivity index (χ0n) is 63.8. The van der Waals surface area contributed by atoms with Crippen LogP contribution in [0.3, 0.4) is 0 Å². The van der Waals surface area contributed by atoms with Crippen LogP contribution in [0.5, 0.6) is 0 Å². The van der Waals surface area contributed by atoms with E-state index in [0.29, 0.717) is 25.9 Å². The SMILES string of the molecule is CCCCCCCCC/C=C\CCCCCCCC(=O)OCCCCCCCCCCCCCCCCCCCCCCCCCCCCCCCCCCCCCC(=O)NC(CO)C(O)CCCCCCCCCCCCCCCCCCCCCCCCCCC. The van der Waals surface area contributed by atoms with Gasteiger partial charge in [-0.2, -0.15) is 0 Å². The Balaban J connectivity index is 3.31. The lowest BCUT2D eigenvalue weighted by Gasteiger charge is -2.22. The molecule has 0 rings (SSSR count). The summed E-state index contributed by atoms with van der Waals surface area (Å²) >= 11 is 0. The molecule has 0 aromatic rings. The van der Waals surface area contributed by atoms with E-state index in [9.17, 15) is 19.8 Å². The van der Waals surface area contributed by atoms with Crippen LogP contribution in [-0.4, -0.2) is 47.4 Å². The largest absolute Gasteiger partial charge is 0.466 e. The van der Waals surface area contributed by atoms with Gasteiger partial charge in [-0.15, -0.1) is 0 Å². The number of nitrogens with one attached hydrogen (secondary N) is 1. The Morgan fingerprint density at radius 1 is 0.290 bits per heavy atom. The minimum absolute atomic E-state index is 0.0167. The molecule has 0 spiro atoms. The summed E-state index contributed by atoms with van der Waals surface area (Å²) < 4.78 is 5.51. The number of hydrogen-bond acceptors (Lipinski definition) is 5. The first kappa shape index (κ1) is 91.6. The van der Waals surface area contributed by atoms with E-state index in [-0.39, 0.29) is 18.5 Å². The van der Waals surface area contributed by atoms with Crippen molar-refractivity contribution in [3.05, 3.63) is 12.2 Å². The number of allylic oxidation sites excluding steroid dienone is 2. The Kier molecular flexibility index (Phi) is 81.8. The minimum Gasteiger partial charge on any atom is -0.466 e. The smallest absolute Gasteiger partial charge is 0.305 e. The van der Waals surface area contributed by atoms with Gasteiger partial charge >= 0.3 is 5.97 Å². The van der Waals surface area contributed by atoms with E-state index in [1.165, 1.54) is 430 Å². The highest BCUT2D eigenvalue weighted by atomic mass is 16.5. The molecule has 0 fully saturated rings. The molecule has 0 saturated heterocycles. The number of ether oxygens (including phenoxy) is 1. The van der Waals surface area contributed by atoms with E-state index in [0.717, 1.165) is 44.9 Å². The number of amides is 1. The second-order valence-corrected chi connectivity index (χ2v) is 30.2. The molecule has 0 radical (unpaired) electrons. The van der Waals surface area contributed by atoms with E-state index in [4.69, 9.17) is 4.74 Å². The third-order valence-corrected chi connectivity index (χ3v) is 20.8. The predicted octanol–water partition coefficient (Wildman–Crippen LogP) is 29.0. The molecule has 0 aliphatic rings. The fourth-order valence-electron chi connectivity index (χ4n) is 14.2. The van der Waals surface area contributed by atoms with Gasteiger partial charge in [-0.25, -0.2) is 0 Å². The summed E-state index contributed by atoms with van der Waals surface area (Å²) in [5.74, 6) is -0.00616. The second-order valence-electron chi connectivity index (χ2n) is 30.2. The van der Waals surface area contributed by atoms with Gasteiger partial charge in [0.2, 0.25) is 5.91 Å². The van der Waals surface area contributed by atoms with Gasteiger partial charge in [0, 0.05) is 12.8 Å². The number of aliphatic hydroxyl groups excluding tert-OH is 2. The van der Waals surface area contributed by atoms with E-state index < -0.39 is 12.1 Å². The van der Waals surface area contributed by atoms with Crippen molar-refractivity contribution in [1.29, 1.82) is 0 Å². The van der Waals surface area contributed by atoms with Crippen molar-refractivity contribution in [2.45, 2.75) is 520 Å². The van der Waals surface area contributed by atoms with Gasteiger partial charge in [0.1, 0.15) is 0 Å². The standard InChI is InChI=1S/C87H171NO5/c1-3-5-7-9-11-13-15-17-19-21-22-23-24-36-39-42-45-48-51-55-59-63-67-71-75-79-85(90)84(83-89)88-86(91)80-76-72-68-64-60-56-52-49-46-43-40-37-34-32-30-28-26-25-27-29-31-33-35-38-41-44-47-50-54-58-62-66-70-74-78-82-93-87(92)81-77-73-69-65-61-57-53-20-18-16-14-12-10-8-6-4-2/h20,53,84-85,89-90H,3-19,21-52,54-83H2,1-2H3,(H,88,91)/b53-20-. The minimum atomic E-state index is -0.662. The molecule has 6 nitrogen and oxygen atoms in total. The predicted molar refractivity (Wildman–Crippen MR) is 412 cm³/mol. The summed E-state index contributed by atoms with van der Waals surface area (Å²) in [5, 5.41) is 23.5. The van der Waals surface area contributed by atoms with Crippen LogP contribution < -0.4 is 5.32 Å². The van der Waals surface area contributed by atoms with Crippen molar-refractivity contribution in [3.63, 3.8) is 0 Å². The van der Waals surface area contributed by atoms with Crippen molar-refractivity contribution in [1.82, 2.24) is 5.32 Å². The van der Waals surface area contributed by atoms with Gasteiger partial charge in [0.05, 0.1) is 25.4 Å². The molecular formula is C87H171NO5. The maximum absolute atomic E-state index is 12.6. The molecule has 0 aliphatic heterocycles. The average Bonchev–Trinajstić information content (AvgIpc) is 3.78. The summed E-state index contributed by atoms with van der Waals surface area (Å²) in [7, 11) is 0. The van der Waals surface area contributed by atoms with Crippen molar-refractivity contribution in [2.75, 3.05) is 13.2 Å². The van der Waals surface area contributed by atoms with E-state index >= 15 is 0 Å². The average molecular weight is 1310 g/mol. The maximum Gasteiger partial charge on any atom is 0.305 e. The highest BCUT2D eigenvalue weighted by Gasteiger charge is 2.20. The van der Waals surface area contributed by atoms with Crippen molar-refractivity contribution < 1.29 is 24.5 Å². The fourth-order valence-corrected chi connectivity index (χ4v) is 14.2. The van der Waals surface area contributed by atoms with Crippen molar-refractivity contribution in [3.8, 4) is 0 Å². The van der Waals surface area contributed by atoms with Crippen LogP contribution in [0.15, 0.2) is 12.2 Å². The third kappa shape index (κ3) is 79.5. The highest BCUT2D eigenvalue weighted by Crippen LogP contribution is 2.21. The lowest BCUT2D eigenvalue weighted by molar-refractivity contribution is -0.143. The lowest BCUT2D eigenvalue weighted by Crippen LogP contribution is -2.45. The van der Waals surface area contributed by atoms with Crippen LogP contribution in [0.4, 0.5) is 0 Å². The van der Waals surface area contributed by atoms with Gasteiger partial charge in [-0.1, -0.05) is 456 Å². The molecule has 0 aliphatic carbocycles. The number of esters is 1. The Morgan fingerprint density at radius 2 is 0.505 bits per heavy atom. The molecular weight excluding hydrogens is 1140 g/mol. The molecule has 0 aromatic carbocycles. The molecule has 2 atom stereocenters. The molecule has 0 bridgehead atoms. The Labute approximate surface area is 584 Å². The first-order valence-electron chi connectivity index (χ1n) is 43.4. The van der Waals surface area contributed by atoms with E-state index in [2.05, 4.69) is 31.3 Å². The molecule has 3 N–H and O–H groups in total. The Morgan fingerprint density at radius 3 is 0.763 bits per heavy atom. The van der Waals surface area contributed by atoms with E-state index in [1.807, 2.05) is 0 Å². The first-order valence-corrected chi connectivity index (χ1v) is 43.4. The topological polar surface area (TPSA) is 95.9 Å². The van der Waals surface area contributed by atoms with Gasteiger partial charge in [-0.05, 0) is 51.4 Å². The van der Waals surface area contributed by atoms with Crippen LogP contribution in [0, 0.1) is 0 Å². The zero-order valence-corrected chi connectivity index (χ0v) is 63.8. The quantitative estimate of drug-likeness (QED) is 0.0320. The molecule has 6 heteroatoms. The molecule has 0 aromatic heterocycles. The molecule has 1 amide bonds. The lowest BCUT2D eigenvalue weighted by atomic mass is 10.0. The first-order chi connectivity index (χ1) is 46.0. The summed E-state index contributed by atoms with van der Waals surface area (Å²) in [5.41, 5.74) is 0. The summed E-state index contributed by atoms with van der Waals surface area (Å²) in [6, 6.07) is -0.538. The third-order valence-electron chi connectivity index (χ3n) is 20.8. The fraction of sp³-hybridized carbons (Fsp3) is 0.954. The Hall–Kier alpha value is -1.40. The highest BCUT2D eigenvalue weighted by molar-refractivity contribution is 5.76. The molecule has 0 saturated carbocycles. The van der Waals surface area contributed by atoms with Crippen molar-refractivity contribution >= 4 is 11.9 Å². The second kappa shape index (κ2) is 83.0. The van der Waals surface area contributed by atoms with Gasteiger partial charge in [-0.3, -0.25) is 9.59 Å². The number of unbranched alkanes of at least 4 members (excludes halogenated alkanes) is 70. The summed E-state index contributed by atoms with van der Waals surface area (Å²) in [6.45, 7) is 5.01. The molecule has 0 heterocycles. The summed E-state index contributed by atoms with van der Waals surface area (Å²) in [4.78, 5) is 24.7. The molecule has 554 valence electrons. The van der Waals surface area contributed by atoms with Crippen LogP contribution in [0.2, 0.25) is 0 Å². The molecule has 2 unspecified atom stereocenters. The maximum atomic E-state index is 12.6. The van der Waals surface area contributed by atoms with Gasteiger partial charge < -0.3 is 20.3 Å². The normalized spacial score (nSPS) is 12.4. The van der Waals surface area contributed by atoms with Crippen molar-refractivity contribution in [2.24, 2.45) is 0 Å². The van der Waals surface area contributed by atoms with Gasteiger partial charge in [0.25, 0.3) is 0 Å². The zero-order chi connectivity index (χ0) is 67.0. The number of hydrogen-bond donors (Lipinski definition) is 3. The molecule has 93 heavy (non-hydrogen) atoms. The number of carbonyl (C=O) groups is 2.